The lowest BCUT2D eigenvalue weighted by Gasteiger charge is -2.35. The Labute approximate surface area is 130 Å². The van der Waals surface area contributed by atoms with E-state index in [-0.39, 0.29) is 11.8 Å². The summed E-state index contributed by atoms with van der Waals surface area (Å²) in [7, 11) is 0. The third kappa shape index (κ3) is 3.67. The number of nitrogens with one attached hydrogen (secondary N) is 1. The third-order valence-electron chi connectivity index (χ3n) is 3.64. The SMILES string of the molecule is C=CCC[C@@H](c1c(O)cc(Cl)cc1Cl)N1CCNCC1. The fourth-order valence-electron chi connectivity index (χ4n) is 2.68. The lowest BCUT2D eigenvalue weighted by atomic mass is 9.98. The standard InChI is InChI=1S/C15H20Cl2N2O/c1-2-3-4-13(19-7-5-18-6-8-19)15-12(17)9-11(16)10-14(15)20/h2,9-10,13,18,20H,1,3-8H2/t13-/m0/s1. The van der Waals surface area contributed by atoms with Gasteiger partial charge in [0.1, 0.15) is 5.75 Å². The summed E-state index contributed by atoms with van der Waals surface area (Å²) in [5.41, 5.74) is 0.778. The van der Waals surface area contributed by atoms with E-state index in [0.717, 1.165) is 44.6 Å². The number of phenols is 1. The summed E-state index contributed by atoms with van der Waals surface area (Å²) < 4.78 is 0. The molecule has 110 valence electrons. The Bertz CT molecular complexity index is 450. The van der Waals surface area contributed by atoms with Crippen LogP contribution in [0.1, 0.15) is 24.4 Å². The topological polar surface area (TPSA) is 35.5 Å². The van der Waals surface area contributed by atoms with Crippen LogP contribution in [0.2, 0.25) is 10.0 Å². The largest absolute Gasteiger partial charge is 0.508 e. The smallest absolute Gasteiger partial charge is 0.123 e. The molecule has 1 aliphatic rings. The van der Waals surface area contributed by atoms with Gasteiger partial charge >= 0.3 is 0 Å². The second kappa shape index (κ2) is 7.32. The van der Waals surface area contributed by atoms with Gasteiger partial charge in [-0.3, -0.25) is 4.90 Å². The van der Waals surface area contributed by atoms with Gasteiger partial charge in [0.15, 0.2) is 0 Å². The Balaban J connectivity index is 2.32. The van der Waals surface area contributed by atoms with Crippen molar-refractivity contribution in [2.24, 2.45) is 0 Å². The molecule has 0 bridgehead atoms. The predicted octanol–water partition coefficient (Wildman–Crippen LogP) is 3.61. The minimum Gasteiger partial charge on any atom is -0.508 e. The highest BCUT2D eigenvalue weighted by atomic mass is 35.5. The number of piperazine rings is 1. The zero-order valence-electron chi connectivity index (χ0n) is 11.4. The predicted molar refractivity (Wildman–Crippen MR) is 84.7 cm³/mol. The summed E-state index contributed by atoms with van der Waals surface area (Å²) in [6.07, 6.45) is 3.67. The average Bonchev–Trinajstić information content (AvgIpc) is 2.42. The van der Waals surface area contributed by atoms with E-state index >= 15 is 0 Å². The fraction of sp³-hybridized carbons (Fsp3) is 0.467. The molecule has 3 nitrogen and oxygen atoms in total. The second-order valence-electron chi connectivity index (χ2n) is 4.99. The van der Waals surface area contributed by atoms with Crippen LogP contribution in [0.5, 0.6) is 5.75 Å². The zero-order chi connectivity index (χ0) is 14.5. The van der Waals surface area contributed by atoms with Gasteiger partial charge in [0.05, 0.1) is 5.02 Å². The first-order valence-electron chi connectivity index (χ1n) is 6.87. The molecule has 2 rings (SSSR count). The van der Waals surface area contributed by atoms with Gasteiger partial charge in [0.2, 0.25) is 0 Å². The summed E-state index contributed by atoms with van der Waals surface area (Å²) in [5, 5.41) is 14.6. The fourth-order valence-corrected chi connectivity index (χ4v) is 3.29. The molecule has 1 fully saturated rings. The van der Waals surface area contributed by atoms with Gasteiger partial charge in [-0.05, 0) is 25.0 Å². The van der Waals surface area contributed by atoms with Crippen molar-refractivity contribution in [3.63, 3.8) is 0 Å². The maximum absolute atomic E-state index is 10.2. The molecular weight excluding hydrogens is 295 g/mol. The van der Waals surface area contributed by atoms with E-state index in [1.807, 2.05) is 6.08 Å². The molecule has 1 aromatic carbocycles. The quantitative estimate of drug-likeness (QED) is 0.815. The first-order valence-corrected chi connectivity index (χ1v) is 7.62. The number of benzene rings is 1. The molecule has 0 aromatic heterocycles. The van der Waals surface area contributed by atoms with Crippen LogP contribution < -0.4 is 5.32 Å². The lowest BCUT2D eigenvalue weighted by Crippen LogP contribution is -2.45. The Hall–Kier alpha value is -0.740. The molecule has 0 amide bonds. The number of phenolic OH excluding ortho intramolecular Hbond substituents is 1. The average molecular weight is 315 g/mol. The number of rotatable bonds is 5. The number of hydrogen-bond donors (Lipinski definition) is 2. The zero-order valence-corrected chi connectivity index (χ0v) is 12.9. The summed E-state index contributed by atoms with van der Waals surface area (Å²) in [6, 6.07) is 3.35. The van der Waals surface area contributed by atoms with Crippen LogP contribution in [0.25, 0.3) is 0 Å². The summed E-state index contributed by atoms with van der Waals surface area (Å²) >= 11 is 12.2. The lowest BCUT2D eigenvalue weighted by molar-refractivity contribution is 0.163. The summed E-state index contributed by atoms with van der Waals surface area (Å²) in [6.45, 7) is 7.58. The maximum atomic E-state index is 10.2. The van der Waals surface area contributed by atoms with Crippen molar-refractivity contribution < 1.29 is 5.11 Å². The molecule has 0 radical (unpaired) electrons. The summed E-state index contributed by atoms with van der Waals surface area (Å²) in [4.78, 5) is 2.36. The van der Waals surface area contributed by atoms with Crippen molar-refractivity contribution in [1.82, 2.24) is 10.2 Å². The van der Waals surface area contributed by atoms with Crippen LogP contribution in [-0.2, 0) is 0 Å². The van der Waals surface area contributed by atoms with E-state index in [4.69, 9.17) is 23.2 Å². The van der Waals surface area contributed by atoms with Gasteiger partial charge in [-0.15, -0.1) is 6.58 Å². The molecule has 0 spiro atoms. The summed E-state index contributed by atoms with van der Waals surface area (Å²) in [5.74, 6) is 0.176. The minimum absolute atomic E-state index is 0.0971. The molecule has 1 aromatic rings. The van der Waals surface area contributed by atoms with Gasteiger partial charge in [0.25, 0.3) is 0 Å². The van der Waals surface area contributed by atoms with E-state index in [1.165, 1.54) is 0 Å². The van der Waals surface area contributed by atoms with Crippen LogP contribution >= 0.6 is 23.2 Å². The molecule has 1 aliphatic heterocycles. The van der Waals surface area contributed by atoms with Crippen LogP contribution in [0.3, 0.4) is 0 Å². The molecule has 1 saturated heterocycles. The van der Waals surface area contributed by atoms with Crippen LogP contribution in [0.4, 0.5) is 0 Å². The van der Waals surface area contributed by atoms with E-state index < -0.39 is 0 Å². The van der Waals surface area contributed by atoms with Gasteiger partial charge in [0, 0.05) is 42.8 Å². The van der Waals surface area contributed by atoms with Crippen molar-refractivity contribution >= 4 is 23.2 Å². The molecule has 0 unspecified atom stereocenters. The van der Waals surface area contributed by atoms with Crippen LogP contribution in [0, 0.1) is 0 Å². The van der Waals surface area contributed by atoms with Crippen LogP contribution in [-0.4, -0.2) is 36.2 Å². The first-order chi connectivity index (χ1) is 9.63. The van der Waals surface area contributed by atoms with Gasteiger partial charge in [-0.2, -0.15) is 0 Å². The number of allylic oxidation sites excluding steroid dienone is 1. The monoisotopic (exact) mass is 314 g/mol. The van der Waals surface area contributed by atoms with E-state index in [0.29, 0.717) is 10.0 Å². The molecule has 2 N–H and O–H groups in total. The molecule has 1 heterocycles. The van der Waals surface area contributed by atoms with Crippen molar-refractivity contribution in [2.45, 2.75) is 18.9 Å². The van der Waals surface area contributed by atoms with E-state index in [2.05, 4.69) is 16.8 Å². The van der Waals surface area contributed by atoms with Crippen molar-refractivity contribution in [2.75, 3.05) is 26.2 Å². The van der Waals surface area contributed by atoms with Crippen molar-refractivity contribution in [3.8, 4) is 5.75 Å². The number of halogens is 2. The van der Waals surface area contributed by atoms with E-state index in [9.17, 15) is 5.11 Å². The Morgan fingerprint density at radius 3 is 2.65 bits per heavy atom. The highest BCUT2D eigenvalue weighted by Crippen LogP contribution is 2.39. The van der Waals surface area contributed by atoms with E-state index in [1.54, 1.807) is 12.1 Å². The molecule has 20 heavy (non-hydrogen) atoms. The number of hydrogen-bond acceptors (Lipinski definition) is 3. The molecule has 5 heteroatoms. The van der Waals surface area contributed by atoms with Gasteiger partial charge in [-0.1, -0.05) is 29.3 Å². The third-order valence-corrected chi connectivity index (χ3v) is 4.17. The second-order valence-corrected chi connectivity index (χ2v) is 5.83. The highest BCUT2D eigenvalue weighted by molar-refractivity contribution is 6.35. The molecular formula is C15H20Cl2N2O. The molecule has 1 atom stereocenters. The molecule has 0 saturated carbocycles. The van der Waals surface area contributed by atoms with Crippen LogP contribution in [0.15, 0.2) is 24.8 Å². The van der Waals surface area contributed by atoms with Gasteiger partial charge in [-0.25, -0.2) is 0 Å². The Morgan fingerprint density at radius 1 is 1.35 bits per heavy atom. The first kappa shape index (κ1) is 15.6. The normalized spacial score (nSPS) is 17.9. The van der Waals surface area contributed by atoms with Gasteiger partial charge < -0.3 is 10.4 Å². The molecule has 0 aliphatic carbocycles. The van der Waals surface area contributed by atoms with Crippen molar-refractivity contribution in [3.05, 3.63) is 40.4 Å². The minimum atomic E-state index is 0.0971. The maximum Gasteiger partial charge on any atom is 0.123 e. The number of nitrogens with zero attached hydrogens (tertiary/aromatic N) is 1. The Kier molecular flexibility index (Phi) is 5.73. The number of aromatic hydroxyl groups is 1. The highest BCUT2D eigenvalue weighted by Gasteiger charge is 2.26. The van der Waals surface area contributed by atoms with Crippen molar-refractivity contribution in [1.29, 1.82) is 0 Å². The Morgan fingerprint density at radius 2 is 2.05 bits per heavy atom.